The van der Waals surface area contributed by atoms with Gasteiger partial charge in [0.15, 0.2) is 5.16 Å². The molecule has 0 aliphatic carbocycles. The molecule has 1 aromatic carbocycles. The Bertz CT molecular complexity index is 737. The molecule has 1 aromatic heterocycles. The molecule has 6 nitrogen and oxygen atoms in total. The van der Waals surface area contributed by atoms with Gasteiger partial charge in [-0.05, 0) is 31.9 Å². The fourth-order valence-corrected chi connectivity index (χ4v) is 4.04. The molecule has 26 heavy (non-hydrogen) atoms. The molecule has 0 spiro atoms. The predicted octanol–water partition coefficient (Wildman–Crippen LogP) is 2.60. The van der Waals surface area contributed by atoms with E-state index in [0.29, 0.717) is 11.8 Å². The number of carbonyl (C=O) groups excluding carboxylic acids is 1. The Morgan fingerprint density at radius 3 is 2.62 bits per heavy atom. The summed E-state index contributed by atoms with van der Waals surface area (Å²) in [6.45, 7) is 10.7. The average Bonchev–Trinajstić information content (AvgIpc) is 3.11. The van der Waals surface area contributed by atoms with Crippen LogP contribution < -0.4 is 0 Å². The summed E-state index contributed by atoms with van der Waals surface area (Å²) in [6.07, 6.45) is 1.72. The summed E-state index contributed by atoms with van der Waals surface area (Å²) in [4.78, 5) is 16.9. The zero-order valence-corrected chi connectivity index (χ0v) is 16.6. The van der Waals surface area contributed by atoms with Gasteiger partial charge in [-0.25, -0.2) is 0 Å². The molecule has 0 atom stereocenters. The number of rotatable bonds is 6. The van der Waals surface area contributed by atoms with Crippen LogP contribution in [0.25, 0.3) is 0 Å². The Hall–Kier alpha value is -1.86. The fourth-order valence-electron chi connectivity index (χ4n) is 3.09. The summed E-state index contributed by atoms with van der Waals surface area (Å²) in [6, 6.07) is 8.81. The number of benzene rings is 1. The van der Waals surface area contributed by atoms with Crippen LogP contribution in [0.4, 0.5) is 0 Å². The van der Waals surface area contributed by atoms with Crippen molar-refractivity contribution in [2.75, 3.05) is 31.9 Å². The summed E-state index contributed by atoms with van der Waals surface area (Å²) in [5.41, 5.74) is 2.70. The lowest BCUT2D eigenvalue weighted by atomic mass is 10.1. The first-order valence-electron chi connectivity index (χ1n) is 9.11. The van der Waals surface area contributed by atoms with Crippen LogP contribution in [-0.2, 0) is 11.3 Å². The van der Waals surface area contributed by atoms with E-state index in [2.05, 4.69) is 60.1 Å². The molecule has 1 aliphatic heterocycles. The summed E-state index contributed by atoms with van der Waals surface area (Å²) in [5, 5.41) is 8.88. The summed E-state index contributed by atoms with van der Waals surface area (Å²) in [7, 11) is 0. The third kappa shape index (κ3) is 4.65. The van der Waals surface area contributed by atoms with Gasteiger partial charge in [-0.2, -0.15) is 0 Å². The molecular formula is C19H27N5OS. The van der Waals surface area contributed by atoms with E-state index in [4.69, 9.17) is 0 Å². The van der Waals surface area contributed by atoms with Crippen molar-refractivity contribution in [2.24, 2.45) is 0 Å². The molecular weight excluding hydrogens is 346 g/mol. The summed E-state index contributed by atoms with van der Waals surface area (Å²) in [5.74, 6) is 0.604. The Kier molecular flexibility index (Phi) is 6.32. The molecule has 140 valence electrons. The average molecular weight is 374 g/mol. The highest BCUT2D eigenvalue weighted by Crippen LogP contribution is 2.20. The number of carbonyl (C=O) groups is 1. The van der Waals surface area contributed by atoms with Crippen molar-refractivity contribution in [2.45, 2.75) is 38.5 Å². The van der Waals surface area contributed by atoms with Crippen LogP contribution >= 0.6 is 11.8 Å². The van der Waals surface area contributed by atoms with Crippen molar-refractivity contribution in [1.82, 2.24) is 24.6 Å². The molecule has 2 aromatic rings. The normalized spacial score (nSPS) is 15.6. The smallest absolute Gasteiger partial charge is 0.233 e. The van der Waals surface area contributed by atoms with Crippen molar-refractivity contribution in [1.29, 1.82) is 0 Å². The van der Waals surface area contributed by atoms with Crippen molar-refractivity contribution in [3.8, 4) is 0 Å². The van der Waals surface area contributed by atoms with Gasteiger partial charge in [0.05, 0.1) is 5.75 Å². The van der Waals surface area contributed by atoms with Gasteiger partial charge in [0.2, 0.25) is 5.91 Å². The number of amides is 1. The Labute approximate surface area is 159 Å². The number of piperazine rings is 1. The summed E-state index contributed by atoms with van der Waals surface area (Å²) < 4.78 is 2.00. The van der Waals surface area contributed by atoms with E-state index in [1.807, 2.05) is 9.47 Å². The Morgan fingerprint density at radius 1 is 1.19 bits per heavy atom. The lowest BCUT2D eigenvalue weighted by Crippen LogP contribution is -2.48. The SMILES string of the molecule is Cc1ccccc1CN1CCN(C(=O)CSc2nncn2C(C)C)CC1. The molecule has 1 fully saturated rings. The lowest BCUT2D eigenvalue weighted by molar-refractivity contribution is -0.130. The minimum Gasteiger partial charge on any atom is -0.339 e. The third-order valence-corrected chi connectivity index (χ3v) is 5.74. The standard InChI is InChI=1S/C19H27N5OS/c1-15(2)24-14-20-21-19(24)26-13-18(25)23-10-8-22(9-11-23)12-17-7-5-4-6-16(17)3/h4-7,14-15H,8-13H2,1-3H3. The van der Waals surface area contributed by atoms with Crippen LogP contribution in [0, 0.1) is 6.92 Å². The number of thioether (sulfide) groups is 1. The maximum absolute atomic E-state index is 12.5. The van der Waals surface area contributed by atoms with Crippen LogP contribution in [0.2, 0.25) is 0 Å². The summed E-state index contributed by atoms with van der Waals surface area (Å²) >= 11 is 1.47. The zero-order chi connectivity index (χ0) is 18.5. The first-order valence-corrected chi connectivity index (χ1v) is 10.1. The monoisotopic (exact) mass is 373 g/mol. The van der Waals surface area contributed by atoms with E-state index >= 15 is 0 Å². The van der Waals surface area contributed by atoms with Gasteiger partial charge in [0.1, 0.15) is 6.33 Å². The van der Waals surface area contributed by atoms with Crippen LogP contribution in [0.3, 0.4) is 0 Å². The van der Waals surface area contributed by atoms with Gasteiger partial charge in [-0.1, -0.05) is 36.0 Å². The van der Waals surface area contributed by atoms with Gasteiger partial charge in [0.25, 0.3) is 0 Å². The topological polar surface area (TPSA) is 54.3 Å². The van der Waals surface area contributed by atoms with Crippen LogP contribution in [-0.4, -0.2) is 62.4 Å². The van der Waals surface area contributed by atoms with Gasteiger partial charge >= 0.3 is 0 Å². The largest absolute Gasteiger partial charge is 0.339 e. The minimum atomic E-state index is 0.184. The van der Waals surface area contributed by atoms with E-state index < -0.39 is 0 Å². The highest BCUT2D eigenvalue weighted by molar-refractivity contribution is 7.99. The fraction of sp³-hybridized carbons (Fsp3) is 0.526. The van der Waals surface area contributed by atoms with Gasteiger partial charge in [-0.15, -0.1) is 10.2 Å². The first-order chi connectivity index (χ1) is 12.5. The van der Waals surface area contributed by atoms with E-state index in [1.54, 1.807) is 6.33 Å². The maximum atomic E-state index is 12.5. The van der Waals surface area contributed by atoms with Gasteiger partial charge in [-0.3, -0.25) is 9.69 Å². The first kappa shape index (κ1) is 18.9. The van der Waals surface area contributed by atoms with Crippen LogP contribution in [0.5, 0.6) is 0 Å². The molecule has 3 rings (SSSR count). The van der Waals surface area contributed by atoms with Crippen molar-refractivity contribution < 1.29 is 4.79 Å². The Balaban J connectivity index is 1.46. The molecule has 0 radical (unpaired) electrons. The maximum Gasteiger partial charge on any atom is 0.233 e. The molecule has 0 unspecified atom stereocenters. The zero-order valence-electron chi connectivity index (χ0n) is 15.8. The van der Waals surface area contributed by atoms with Crippen molar-refractivity contribution in [3.63, 3.8) is 0 Å². The second kappa shape index (κ2) is 8.68. The van der Waals surface area contributed by atoms with E-state index in [1.165, 1.54) is 22.9 Å². The van der Waals surface area contributed by atoms with Crippen molar-refractivity contribution >= 4 is 17.7 Å². The van der Waals surface area contributed by atoms with Crippen LogP contribution in [0.1, 0.15) is 31.0 Å². The minimum absolute atomic E-state index is 0.184. The second-order valence-electron chi connectivity index (χ2n) is 6.99. The predicted molar refractivity (Wildman–Crippen MR) is 104 cm³/mol. The number of aromatic nitrogens is 3. The highest BCUT2D eigenvalue weighted by atomic mass is 32.2. The molecule has 2 heterocycles. The lowest BCUT2D eigenvalue weighted by Gasteiger charge is -2.35. The number of hydrogen-bond donors (Lipinski definition) is 0. The second-order valence-corrected chi connectivity index (χ2v) is 7.93. The molecule has 0 bridgehead atoms. The number of nitrogens with zero attached hydrogens (tertiary/aromatic N) is 5. The molecule has 1 amide bonds. The number of aryl methyl sites for hydroxylation is 1. The molecule has 1 saturated heterocycles. The van der Waals surface area contributed by atoms with E-state index in [9.17, 15) is 4.79 Å². The van der Waals surface area contributed by atoms with E-state index in [-0.39, 0.29) is 5.91 Å². The van der Waals surface area contributed by atoms with Gasteiger partial charge < -0.3 is 9.47 Å². The molecule has 1 aliphatic rings. The third-order valence-electron chi connectivity index (χ3n) is 4.80. The molecule has 0 saturated carbocycles. The van der Waals surface area contributed by atoms with Crippen molar-refractivity contribution in [3.05, 3.63) is 41.7 Å². The quantitative estimate of drug-likeness (QED) is 0.729. The number of hydrogen-bond acceptors (Lipinski definition) is 5. The van der Waals surface area contributed by atoms with E-state index in [0.717, 1.165) is 37.9 Å². The highest BCUT2D eigenvalue weighted by Gasteiger charge is 2.22. The molecule has 7 heteroatoms. The van der Waals surface area contributed by atoms with Gasteiger partial charge in [0, 0.05) is 38.8 Å². The Morgan fingerprint density at radius 2 is 1.92 bits per heavy atom. The van der Waals surface area contributed by atoms with Crippen LogP contribution in [0.15, 0.2) is 35.7 Å². The molecule has 0 N–H and O–H groups in total.